The summed E-state index contributed by atoms with van der Waals surface area (Å²) in [5, 5.41) is 1.06. The van der Waals surface area contributed by atoms with E-state index in [1.807, 2.05) is 6.92 Å². The van der Waals surface area contributed by atoms with Crippen molar-refractivity contribution in [2.75, 3.05) is 0 Å². The third kappa shape index (κ3) is 1.27. The van der Waals surface area contributed by atoms with Crippen molar-refractivity contribution in [3.05, 3.63) is 32.8 Å². The molecule has 0 radical (unpaired) electrons. The molecule has 2 rings (SSSR count). The highest BCUT2D eigenvalue weighted by molar-refractivity contribution is 6.42. The summed E-state index contributed by atoms with van der Waals surface area (Å²) in [6.45, 7) is 1.91. The van der Waals surface area contributed by atoms with Crippen LogP contribution < -0.4 is 0 Å². The van der Waals surface area contributed by atoms with Gasteiger partial charge in [0, 0.05) is 12.0 Å². The Morgan fingerprint density at radius 3 is 2.69 bits per heavy atom. The molecular formula is C10H8Cl2O. The topological polar surface area (TPSA) is 17.1 Å². The number of Topliss-reactive ketones (excluding diaryl/α,β-unsaturated/α-hetero) is 1. The highest BCUT2D eigenvalue weighted by atomic mass is 35.5. The van der Waals surface area contributed by atoms with Crippen LogP contribution in [0.4, 0.5) is 0 Å². The Balaban J connectivity index is 2.74. The van der Waals surface area contributed by atoms with Crippen molar-refractivity contribution in [3.8, 4) is 0 Å². The molecule has 0 amide bonds. The highest BCUT2D eigenvalue weighted by Crippen LogP contribution is 2.35. The Labute approximate surface area is 86.7 Å². The van der Waals surface area contributed by atoms with E-state index >= 15 is 0 Å². The predicted octanol–water partition coefficient (Wildman–Crippen LogP) is 3.43. The molecule has 0 aromatic heterocycles. The summed E-state index contributed by atoms with van der Waals surface area (Å²) in [4.78, 5) is 11.4. The molecule has 1 aromatic carbocycles. The molecule has 3 heteroatoms. The van der Waals surface area contributed by atoms with Gasteiger partial charge in [-0.05, 0) is 30.5 Å². The van der Waals surface area contributed by atoms with Crippen LogP contribution in [0.25, 0.3) is 0 Å². The predicted molar refractivity (Wildman–Crippen MR) is 53.9 cm³/mol. The third-order valence-electron chi connectivity index (χ3n) is 2.49. The summed E-state index contributed by atoms with van der Waals surface area (Å²) in [5.74, 6) is 0.177. The van der Waals surface area contributed by atoms with E-state index in [1.165, 1.54) is 0 Å². The maximum absolute atomic E-state index is 11.4. The van der Waals surface area contributed by atoms with Crippen molar-refractivity contribution in [2.45, 2.75) is 19.8 Å². The van der Waals surface area contributed by atoms with E-state index in [-0.39, 0.29) is 5.78 Å². The Morgan fingerprint density at radius 2 is 2.00 bits per heavy atom. The Hall–Kier alpha value is -0.530. The van der Waals surface area contributed by atoms with Crippen LogP contribution in [0.2, 0.25) is 10.0 Å². The molecule has 68 valence electrons. The fourth-order valence-electron chi connectivity index (χ4n) is 1.73. The molecule has 0 heterocycles. The molecule has 1 aromatic rings. The molecule has 0 atom stereocenters. The van der Waals surface area contributed by atoms with Crippen molar-refractivity contribution >= 4 is 29.0 Å². The Morgan fingerprint density at radius 1 is 1.31 bits per heavy atom. The van der Waals surface area contributed by atoms with Crippen LogP contribution in [0, 0.1) is 6.92 Å². The number of rotatable bonds is 0. The lowest BCUT2D eigenvalue weighted by molar-refractivity contribution is 0.0994. The molecular weight excluding hydrogens is 207 g/mol. The zero-order chi connectivity index (χ0) is 9.59. The van der Waals surface area contributed by atoms with E-state index in [9.17, 15) is 4.79 Å². The summed E-state index contributed by atoms with van der Waals surface area (Å²) in [6.07, 6.45) is 1.39. The number of carbonyl (C=O) groups excluding carboxylic acids is 1. The number of benzene rings is 1. The first kappa shape index (κ1) is 9.04. The van der Waals surface area contributed by atoms with Crippen molar-refractivity contribution in [3.63, 3.8) is 0 Å². The zero-order valence-corrected chi connectivity index (χ0v) is 8.67. The van der Waals surface area contributed by atoms with Gasteiger partial charge in [0.25, 0.3) is 0 Å². The molecule has 0 N–H and O–H groups in total. The number of ketones is 1. The Bertz CT molecular complexity index is 396. The molecule has 0 spiro atoms. The number of carbonyl (C=O) groups is 1. The fraction of sp³-hybridized carbons (Fsp3) is 0.300. The van der Waals surface area contributed by atoms with Gasteiger partial charge in [0.1, 0.15) is 0 Å². The van der Waals surface area contributed by atoms with E-state index in [0.717, 1.165) is 23.1 Å². The summed E-state index contributed by atoms with van der Waals surface area (Å²) < 4.78 is 0. The van der Waals surface area contributed by atoms with Crippen LogP contribution in [-0.2, 0) is 6.42 Å². The van der Waals surface area contributed by atoms with Gasteiger partial charge in [0.05, 0.1) is 10.0 Å². The van der Waals surface area contributed by atoms with Gasteiger partial charge in [-0.15, -0.1) is 0 Å². The zero-order valence-electron chi connectivity index (χ0n) is 7.16. The summed E-state index contributed by atoms with van der Waals surface area (Å²) in [5.41, 5.74) is 2.78. The minimum atomic E-state index is 0.177. The summed E-state index contributed by atoms with van der Waals surface area (Å²) in [6, 6.07) is 1.68. The third-order valence-corrected chi connectivity index (χ3v) is 3.37. The first-order valence-corrected chi connectivity index (χ1v) is 4.87. The largest absolute Gasteiger partial charge is 0.294 e. The van der Waals surface area contributed by atoms with Gasteiger partial charge < -0.3 is 0 Å². The first-order valence-electron chi connectivity index (χ1n) is 4.12. The van der Waals surface area contributed by atoms with Gasteiger partial charge in [-0.1, -0.05) is 23.2 Å². The van der Waals surface area contributed by atoms with Crippen molar-refractivity contribution < 1.29 is 4.79 Å². The molecule has 13 heavy (non-hydrogen) atoms. The molecule has 1 aliphatic carbocycles. The van der Waals surface area contributed by atoms with Crippen LogP contribution in [-0.4, -0.2) is 5.78 Å². The number of hydrogen-bond acceptors (Lipinski definition) is 1. The Kier molecular flexibility index (Phi) is 2.09. The van der Waals surface area contributed by atoms with Crippen LogP contribution in [0.15, 0.2) is 6.07 Å². The lowest BCUT2D eigenvalue weighted by atomic mass is 10.0. The van der Waals surface area contributed by atoms with Gasteiger partial charge >= 0.3 is 0 Å². The van der Waals surface area contributed by atoms with Crippen molar-refractivity contribution in [1.82, 2.24) is 0 Å². The highest BCUT2D eigenvalue weighted by Gasteiger charge is 2.23. The minimum Gasteiger partial charge on any atom is -0.294 e. The van der Waals surface area contributed by atoms with Gasteiger partial charge in [0.2, 0.25) is 0 Å². The molecule has 0 bridgehead atoms. The standard InChI is InChI=1S/C10H8Cl2O/c1-5-6-2-3-9(13)7(6)4-8(11)10(5)12/h4H,2-3H2,1H3. The minimum absolute atomic E-state index is 0.177. The van der Waals surface area contributed by atoms with Gasteiger partial charge in [-0.25, -0.2) is 0 Å². The molecule has 0 saturated heterocycles. The van der Waals surface area contributed by atoms with Crippen molar-refractivity contribution in [1.29, 1.82) is 0 Å². The molecule has 0 aliphatic heterocycles. The molecule has 1 nitrogen and oxygen atoms in total. The second-order valence-corrected chi connectivity index (χ2v) is 4.03. The molecule has 0 unspecified atom stereocenters. The average Bonchev–Trinajstić information content (AvgIpc) is 2.45. The van der Waals surface area contributed by atoms with Gasteiger partial charge in [0.15, 0.2) is 5.78 Å². The SMILES string of the molecule is Cc1c(Cl)c(Cl)cc2c1CCC2=O. The van der Waals surface area contributed by atoms with Gasteiger partial charge in [-0.2, -0.15) is 0 Å². The van der Waals surface area contributed by atoms with E-state index in [0.29, 0.717) is 16.5 Å². The number of hydrogen-bond donors (Lipinski definition) is 0. The quantitative estimate of drug-likeness (QED) is 0.647. The van der Waals surface area contributed by atoms with Gasteiger partial charge in [-0.3, -0.25) is 4.79 Å². The van der Waals surface area contributed by atoms with E-state index in [4.69, 9.17) is 23.2 Å². The van der Waals surface area contributed by atoms with Crippen molar-refractivity contribution in [2.24, 2.45) is 0 Å². The first-order chi connectivity index (χ1) is 6.11. The molecule has 0 saturated carbocycles. The summed E-state index contributed by atoms with van der Waals surface area (Å²) >= 11 is 11.8. The smallest absolute Gasteiger partial charge is 0.163 e. The van der Waals surface area contributed by atoms with Crippen LogP contribution in [0.5, 0.6) is 0 Å². The van der Waals surface area contributed by atoms with Crippen LogP contribution in [0.1, 0.15) is 27.9 Å². The number of fused-ring (bicyclic) bond motifs is 1. The lowest BCUT2D eigenvalue weighted by Crippen LogP contribution is -1.93. The van der Waals surface area contributed by atoms with E-state index in [2.05, 4.69) is 0 Å². The normalized spacial score (nSPS) is 14.8. The maximum atomic E-state index is 11.4. The summed E-state index contributed by atoms with van der Waals surface area (Å²) in [7, 11) is 0. The molecule has 1 aliphatic rings. The fourth-order valence-corrected chi connectivity index (χ4v) is 2.15. The average molecular weight is 215 g/mol. The lowest BCUT2D eigenvalue weighted by Gasteiger charge is -2.06. The van der Waals surface area contributed by atoms with E-state index in [1.54, 1.807) is 6.07 Å². The molecule has 0 fully saturated rings. The maximum Gasteiger partial charge on any atom is 0.163 e. The number of halogens is 2. The van der Waals surface area contributed by atoms with Crippen LogP contribution in [0.3, 0.4) is 0 Å². The second kappa shape index (κ2) is 3.00. The second-order valence-electron chi connectivity index (χ2n) is 3.25. The monoisotopic (exact) mass is 214 g/mol. The van der Waals surface area contributed by atoms with E-state index < -0.39 is 0 Å². The van der Waals surface area contributed by atoms with Crippen LogP contribution >= 0.6 is 23.2 Å².